The van der Waals surface area contributed by atoms with Crippen LogP contribution in [0.2, 0.25) is 0 Å². The number of aryl methyl sites for hydroxylation is 1. The molecule has 0 aliphatic carbocycles. The summed E-state index contributed by atoms with van der Waals surface area (Å²) in [5, 5.41) is 5.29. The van der Waals surface area contributed by atoms with E-state index in [1.165, 1.54) is 12.3 Å². The van der Waals surface area contributed by atoms with Crippen molar-refractivity contribution in [2.24, 2.45) is 7.05 Å². The van der Waals surface area contributed by atoms with Gasteiger partial charge >= 0.3 is 0 Å². The molecule has 0 atom stereocenters. The summed E-state index contributed by atoms with van der Waals surface area (Å²) in [7, 11) is -0.301. The average molecular weight is 567 g/mol. The molecule has 0 radical (unpaired) electrons. The molecule has 1 aliphatic heterocycles. The first-order chi connectivity index (χ1) is 19.1. The van der Waals surface area contributed by atoms with Crippen molar-refractivity contribution >= 4 is 44.9 Å². The van der Waals surface area contributed by atoms with Crippen molar-refractivity contribution < 1.29 is 17.2 Å². The SMILES string of the molecule is CN1CCN(c2ccc(N(c3ccn(C)n3)c3ncc(C=CS(=O)(=O)c4ccc(F)cc4F)c(N)n3)cc2)CC1. The van der Waals surface area contributed by atoms with Crippen molar-refractivity contribution in [3.05, 3.63) is 83.5 Å². The smallest absolute Gasteiger partial charge is 0.237 e. The third kappa shape index (κ3) is 5.80. The number of sulfone groups is 1. The van der Waals surface area contributed by atoms with E-state index in [0.717, 1.165) is 55.1 Å². The van der Waals surface area contributed by atoms with Gasteiger partial charge in [0.25, 0.3) is 0 Å². The molecule has 0 amide bonds. The predicted octanol–water partition coefficient (Wildman–Crippen LogP) is 3.74. The first-order valence-electron chi connectivity index (χ1n) is 12.4. The van der Waals surface area contributed by atoms with E-state index in [9.17, 15) is 17.2 Å². The second-order valence-electron chi connectivity index (χ2n) is 9.42. The van der Waals surface area contributed by atoms with Gasteiger partial charge in [-0.05, 0) is 49.5 Å². The van der Waals surface area contributed by atoms with Gasteiger partial charge in [-0.3, -0.25) is 9.58 Å². The summed E-state index contributed by atoms with van der Waals surface area (Å²) in [6.07, 6.45) is 4.34. The summed E-state index contributed by atoms with van der Waals surface area (Å²) in [6, 6.07) is 12.1. The van der Waals surface area contributed by atoms with Crippen LogP contribution < -0.4 is 15.5 Å². The first-order valence-corrected chi connectivity index (χ1v) is 14.0. The monoisotopic (exact) mass is 566 g/mol. The molecule has 0 unspecified atom stereocenters. The number of anilines is 5. The Balaban J connectivity index is 1.43. The number of hydrogen-bond acceptors (Lipinski definition) is 9. The maximum atomic E-state index is 14.0. The number of nitrogens with zero attached hydrogens (tertiary/aromatic N) is 7. The number of benzene rings is 2. The molecule has 1 aliphatic rings. The van der Waals surface area contributed by atoms with Crippen LogP contribution in [-0.2, 0) is 16.9 Å². The number of nitrogens with two attached hydrogens (primary N) is 1. The van der Waals surface area contributed by atoms with E-state index in [0.29, 0.717) is 11.9 Å². The molecule has 40 heavy (non-hydrogen) atoms. The largest absolute Gasteiger partial charge is 0.383 e. The van der Waals surface area contributed by atoms with E-state index in [1.807, 2.05) is 30.3 Å². The Bertz CT molecular complexity index is 1650. The highest BCUT2D eigenvalue weighted by molar-refractivity contribution is 7.94. The molecule has 2 aromatic heterocycles. The third-order valence-corrected chi connectivity index (χ3v) is 8.01. The molecule has 13 heteroatoms. The van der Waals surface area contributed by atoms with E-state index in [1.54, 1.807) is 22.8 Å². The highest BCUT2D eigenvalue weighted by atomic mass is 32.2. The van der Waals surface area contributed by atoms with Crippen LogP contribution in [0.1, 0.15) is 5.56 Å². The number of rotatable bonds is 7. The van der Waals surface area contributed by atoms with Crippen molar-refractivity contribution in [3.63, 3.8) is 0 Å². The van der Waals surface area contributed by atoms with Gasteiger partial charge < -0.3 is 15.5 Å². The molecule has 5 rings (SSSR count). The highest BCUT2D eigenvalue weighted by Crippen LogP contribution is 2.33. The fraction of sp³-hybridized carbons (Fsp3) is 0.222. The number of likely N-dealkylation sites (N-methyl/N-ethyl adjacent to an activating group) is 1. The van der Waals surface area contributed by atoms with Crippen LogP contribution in [0.4, 0.5) is 37.7 Å². The Morgan fingerprint density at radius 3 is 2.35 bits per heavy atom. The van der Waals surface area contributed by atoms with Gasteiger partial charge in [0.1, 0.15) is 22.3 Å². The minimum atomic E-state index is -4.21. The van der Waals surface area contributed by atoms with E-state index in [-0.39, 0.29) is 17.3 Å². The fourth-order valence-electron chi connectivity index (χ4n) is 4.32. The van der Waals surface area contributed by atoms with Gasteiger partial charge in [0.05, 0.1) is 5.69 Å². The number of halogens is 2. The van der Waals surface area contributed by atoms with Crippen LogP contribution in [0.25, 0.3) is 6.08 Å². The Labute approximate surface area is 230 Å². The second-order valence-corrected chi connectivity index (χ2v) is 11.2. The summed E-state index contributed by atoms with van der Waals surface area (Å²) in [5.41, 5.74) is 8.26. The molecule has 0 saturated carbocycles. The number of nitrogen functional groups attached to an aromatic ring is 1. The van der Waals surface area contributed by atoms with Gasteiger partial charge in [0.15, 0.2) is 5.82 Å². The first kappa shape index (κ1) is 27.2. The molecule has 10 nitrogen and oxygen atoms in total. The predicted molar refractivity (Wildman–Crippen MR) is 150 cm³/mol. The Morgan fingerprint density at radius 2 is 1.73 bits per heavy atom. The molecular formula is C27H28F2N8O2S. The van der Waals surface area contributed by atoms with Crippen LogP contribution in [-0.4, -0.2) is 66.3 Å². The van der Waals surface area contributed by atoms with E-state index in [2.05, 4.69) is 31.9 Å². The minimum Gasteiger partial charge on any atom is -0.383 e. The van der Waals surface area contributed by atoms with Gasteiger partial charge in [-0.25, -0.2) is 22.2 Å². The summed E-state index contributed by atoms with van der Waals surface area (Å²) in [5.74, 6) is -1.26. The fourth-order valence-corrected chi connectivity index (χ4v) is 5.38. The Morgan fingerprint density at radius 1 is 1.00 bits per heavy atom. The normalized spacial score (nSPS) is 14.7. The quantitative estimate of drug-likeness (QED) is 0.334. The summed E-state index contributed by atoms with van der Waals surface area (Å²) in [6.45, 7) is 3.88. The number of hydrogen-bond donors (Lipinski definition) is 1. The zero-order valence-corrected chi connectivity index (χ0v) is 22.8. The number of piperazine rings is 1. The van der Waals surface area contributed by atoms with Crippen LogP contribution in [0, 0.1) is 11.6 Å². The summed E-state index contributed by atoms with van der Waals surface area (Å²) < 4.78 is 54.1. The molecule has 0 bridgehead atoms. The molecule has 0 spiro atoms. The lowest BCUT2D eigenvalue weighted by Gasteiger charge is -2.34. The van der Waals surface area contributed by atoms with Gasteiger partial charge in [-0.2, -0.15) is 10.1 Å². The molecule has 4 aromatic rings. The van der Waals surface area contributed by atoms with E-state index in [4.69, 9.17) is 5.73 Å². The maximum Gasteiger partial charge on any atom is 0.237 e. The van der Waals surface area contributed by atoms with Crippen molar-refractivity contribution in [1.29, 1.82) is 0 Å². The molecule has 2 aromatic carbocycles. The van der Waals surface area contributed by atoms with E-state index >= 15 is 0 Å². The molecule has 3 heterocycles. The molecule has 208 valence electrons. The van der Waals surface area contributed by atoms with Crippen LogP contribution in [0.3, 0.4) is 0 Å². The minimum absolute atomic E-state index is 0.00557. The van der Waals surface area contributed by atoms with Gasteiger partial charge in [0.2, 0.25) is 15.8 Å². The summed E-state index contributed by atoms with van der Waals surface area (Å²) in [4.78, 5) is 14.6. The molecule has 1 fully saturated rings. The Kier molecular flexibility index (Phi) is 7.50. The van der Waals surface area contributed by atoms with E-state index < -0.39 is 26.4 Å². The maximum absolute atomic E-state index is 14.0. The van der Waals surface area contributed by atoms with Gasteiger partial charge in [-0.1, -0.05) is 0 Å². The van der Waals surface area contributed by atoms with Crippen LogP contribution in [0.15, 0.2) is 71.2 Å². The van der Waals surface area contributed by atoms with Crippen molar-refractivity contribution in [3.8, 4) is 0 Å². The van der Waals surface area contributed by atoms with Crippen LogP contribution in [0.5, 0.6) is 0 Å². The van der Waals surface area contributed by atoms with Gasteiger partial charge in [0, 0.05) is 74.4 Å². The zero-order chi connectivity index (χ0) is 28.4. The lowest BCUT2D eigenvalue weighted by Crippen LogP contribution is -2.44. The van der Waals surface area contributed by atoms with Crippen molar-refractivity contribution in [2.75, 3.05) is 48.8 Å². The van der Waals surface area contributed by atoms with Gasteiger partial charge in [-0.15, -0.1) is 0 Å². The standard InChI is InChI=1S/C27H28F2N8O2S/c1-34-12-14-36(15-13-34)21-4-6-22(7-5-21)37(25-9-11-35(2)33-25)27-31-18-19(26(30)32-27)10-16-40(38,39)24-8-3-20(28)17-23(24)29/h3-11,16-18H,12-15H2,1-2H3,(H2,30,31,32). The highest BCUT2D eigenvalue weighted by Gasteiger charge is 2.21. The van der Waals surface area contributed by atoms with Crippen molar-refractivity contribution in [2.45, 2.75) is 4.90 Å². The average Bonchev–Trinajstić information content (AvgIpc) is 3.34. The Hall–Kier alpha value is -4.36. The molecule has 2 N–H and O–H groups in total. The molecule has 1 saturated heterocycles. The van der Waals surface area contributed by atoms with Crippen molar-refractivity contribution in [1.82, 2.24) is 24.6 Å². The lowest BCUT2D eigenvalue weighted by atomic mass is 10.2. The lowest BCUT2D eigenvalue weighted by molar-refractivity contribution is 0.313. The zero-order valence-electron chi connectivity index (χ0n) is 21.9. The third-order valence-electron chi connectivity index (χ3n) is 6.57. The molecular weight excluding hydrogens is 538 g/mol. The summed E-state index contributed by atoms with van der Waals surface area (Å²) >= 11 is 0. The second kappa shape index (κ2) is 11.0. The topological polar surface area (TPSA) is 113 Å². The van der Waals surface area contributed by atoms with Crippen LogP contribution >= 0.6 is 0 Å². The number of aromatic nitrogens is 4.